The highest BCUT2D eigenvalue weighted by Gasteiger charge is 2.27. The van der Waals surface area contributed by atoms with Gasteiger partial charge in [-0.1, -0.05) is 15.9 Å². The average Bonchev–Trinajstić information content (AvgIpc) is 2.15. The first-order valence-electron chi connectivity index (χ1n) is 3.18. The van der Waals surface area contributed by atoms with Crippen LogP contribution in [0.2, 0.25) is 0 Å². The normalized spacial score (nSPS) is 27.6. The van der Waals surface area contributed by atoms with E-state index in [0.29, 0.717) is 0 Å². The van der Waals surface area contributed by atoms with E-state index in [0.717, 1.165) is 19.5 Å². The zero-order chi connectivity index (χ0) is 6.85. The first kappa shape index (κ1) is 7.06. The summed E-state index contributed by atoms with van der Waals surface area (Å²) in [6.45, 7) is 3.77. The van der Waals surface area contributed by atoms with Crippen LogP contribution in [0.3, 0.4) is 0 Å². The van der Waals surface area contributed by atoms with E-state index in [1.54, 1.807) is 0 Å². The molecule has 0 bridgehead atoms. The molecule has 3 heteroatoms. The molecule has 1 aliphatic heterocycles. The van der Waals surface area contributed by atoms with Crippen molar-refractivity contribution in [3.05, 3.63) is 0 Å². The maximum atomic E-state index is 11.0. The van der Waals surface area contributed by atoms with E-state index in [-0.39, 0.29) is 10.7 Å². The van der Waals surface area contributed by atoms with Crippen molar-refractivity contribution in [3.63, 3.8) is 0 Å². The second kappa shape index (κ2) is 2.69. The number of alkyl halides is 1. The summed E-state index contributed by atoms with van der Waals surface area (Å²) in [6.07, 6.45) is 0.965. The second-order valence-electron chi connectivity index (χ2n) is 2.17. The van der Waals surface area contributed by atoms with Crippen LogP contribution >= 0.6 is 15.9 Å². The van der Waals surface area contributed by atoms with Crippen molar-refractivity contribution in [1.82, 2.24) is 4.90 Å². The van der Waals surface area contributed by atoms with E-state index in [2.05, 4.69) is 15.9 Å². The fourth-order valence-corrected chi connectivity index (χ4v) is 1.51. The number of carbonyl (C=O) groups excluding carboxylic acids is 1. The van der Waals surface area contributed by atoms with Crippen LogP contribution in [0.4, 0.5) is 0 Å². The molecule has 1 saturated heterocycles. The van der Waals surface area contributed by atoms with Crippen molar-refractivity contribution in [1.29, 1.82) is 0 Å². The molecule has 1 heterocycles. The molecule has 0 aromatic rings. The molecule has 0 aliphatic carbocycles. The van der Waals surface area contributed by atoms with Gasteiger partial charge in [-0.2, -0.15) is 0 Å². The molecule has 0 aromatic carbocycles. The Hall–Kier alpha value is -0.0500. The van der Waals surface area contributed by atoms with E-state index in [1.807, 2.05) is 11.8 Å². The number of amides is 1. The number of likely N-dealkylation sites (tertiary alicyclic amines) is 1. The summed E-state index contributed by atoms with van der Waals surface area (Å²) in [7, 11) is 0. The number of rotatable bonds is 1. The maximum absolute atomic E-state index is 11.0. The van der Waals surface area contributed by atoms with Gasteiger partial charge in [-0.15, -0.1) is 0 Å². The van der Waals surface area contributed by atoms with Gasteiger partial charge in [0.05, 0.1) is 4.83 Å². The van der Waals surface area contributed by atoms with Crippen LogP contribution in [0.5, 0.6) is 0 Å². The summed E-state index contributed by atoms with van der Waals surface area (Å²) < 4.78 is 0. The third-order valence-electron chi connectivity index (χ3n) is 1.61. The summed E-state index contributed by atoms with van der Waals surface area (Å²) in [5.41, 5.74) is 0. The van der Waals surface area contributed by atoms with Gasteiger partial charge < -0.3 is 4.90 Å². The third-order valence-corrected chi connectivity index (χ3v) is 2.46. The predicted molar refractivity (Wildman–Crippen MR) is 39.6 cm³/mol. The number of hydrogen-bond donors (Lipinski definition) is 0. The van der Waals surface area contributed by atoms with Gasteiger partial charge in [0.25, 0.3) is 0 Å². The molecule has 1 aliphatic rings. The van der Waals surface area contributed by atoms with Crippen molar-refractivity contribution in [2.24, 2.45) is 0 Å². The van der Waals surface area contributed by atoms with Crippen LogP contribution in [0, 0.1) is 0 Å². The minimum Gasteiger partial charge on any atom is -0.342 e. The van der Waals surface area contributed by atoms with Crippen LogP contribution in [0.25, 0.3) is 0 Å². The van der Waals surface area contributed by atoms with Crippen LogP contribution in [-0.2, 0) is 4.79 Å². The summed E-state index contributed by atoms with van der Waals surface area (Å²) >= 11 is 3.29. The van der Waals surface area contributed by atoms with Gasteiger partial charge >= 0.3 is 0 Å². The molecule has 0 spiro atoms. The van der Waals surface area contributed by atoms with Crippen LogP contribution in [0.15, 0.2) is 0 Å². The largest absolute Gasteiger partial charge is 0.342 e. The van der Waals surface area contributed by atoms with E-state index >= 15 is 0 Å². The summed E-state index contributed by atoms with van der Waals surface area (Å²) in [5.74, 6) is 0.248. The molecular formula is C6H10BrNO. The molecule has 1 atom stereocenters. The van der Waals surface area contributed by atoms with Gasteiger partial charge in [0, 0.05) is 13.1 Å². The fourth-order valence-electron chi connectivity index (χ4n) is 1.01. The predicted octanol–water partition coefficient (Wildman–Crippen LogP) is 1.00. The number of carbonyl (C=O) groups is 1. The first-order valence-corrected chi connectivity index (χ1v) is 4.10. The smallest absolute Gasteiger partial charge is 0.236 e. The molecule has 1 unspecified atom stereocenters. The van der Waals surface area contributed by atoms with E-state index in [1.165, 1.54) is 0 Å². The lowest BCUT2D eigenvalue weighted by atomic mass is 10.4. The lowest BCUT2D eigenvalue weighted by Gasteiger charge is -2.10. The van der Waals surface area contributed by atoms with Gasteiger partial charge in [-0.3, -0.25) is 4.79 Å². The highest BCUT2D eigenvalue weighted by atomic mass is 79.9. The van der Waals surface area contributed by atoms with Gasteiger partial charge in [0.15, 0.2) is 0 Å². The first-order chi connectivity index (χ1) is 4.25. The standard InChI is InChI=1S/C6H10BrNO/c1-2-8-4-3-5(7)6(8)9/h5H,2-4H2,1H3. The topological polar surface area (TPSA) is 20.3 Å². The SMILES string of the molecule is CCN1CCC(Br)C1=O. The van der Waals surface area contributed by atoms with Crippen molar-refractivity contribution in [2.45, 2.75) is 18.2 Å². The Kier molecular flexibility index (Phi) is 2.11. The van der Waals surface area contributed by atoms with Crippen molar-refractivity contribution < 1.29 is 4.79 Å². The molecule has 0 aromatic heterocycles. The Bertz CT molecular complexity index is 126. The Labute approximate surface area is 63.3 Å². The zero-order valence-corrected chi connectivity index (χ0v) is 7.02. The molecule has 2 nitrogen and oxygen atoms in total. The fraction of sp³-hybridized carbons (Fsp3) is 0.833. The van der Waals surface area contributed by atoms with Crippen LogP contribution in [-0.4, -0.2) is 28.7 Å². The minimum atomic E-state index is 0.0949. The molecule has 9 heavy (non-hydrogen) atoms. The molecule has 1 amide bonds. The van der Waals surface area contributed by atoms with Gasteiger partial charge in [0.1, 0.15) is 0 Å². The number of hydrogen-bond acceptors (Lipinski definition) is 1. The van der Waals surface area contributed by atoms with Crippen molar-refractivity contribution >= 4 is 21.8 Å². The van der Waals surface area contributed by atoms with Crippen LogP contribution < -0.4 is 0 Å². The zero-order valence-electron chi connectivity index (χ0n) is 5.43. The Morgan fingerprint density at radius 2 is 2.56 bits per heavy atom. The number of nitrogens with zero attached hydrogens (tertiary/aromatic N) is 1. The highest BCUT2D eigenvalue weighted by molar-refractivity contribution is 9.10. The maximum Gasteiger partial charge on any atom is 0.236 e. The van der Waals surface area contributed by atoms with Gasteiger partial charge in [0.2, 0.25) is 5.91 Å². The van der Waals surface area contributed by atoms with Crippen molar-refractivity contribution in [3.8, 4) is 0 Å². The second-order valence-corrected chi connectivity index (χ2v) is 3.28. The summed E-state index contributed by atoms with van der Waals surface area (Å²) in [6, 6.07) is 0. The van der Waals surface area contributed by atoms with E-state index in [4.69, 9.17) is 0 Å². The molecule has 0 radical (unpaired) electrons. The Balaban J connectivity index is 2.51. The van der Waals surface area contributed by atoms with Gasteiger partial charge in [-0.25, -0.2) is 0 Å². The quantitative estimate of drug-likeness (QED) is 0.567. The van der Waals surface area contributed by atoms with Crippen molar-refractivity contribution in [2.75, 3.05) is 13.1 Å². The third kappa shape index (κ3) is 1.26. The monoisotopic (exact) mass is 191 g/mol. The molecule has 0 saturated carbocycles. The lowest BCUT2D eigenvalue weighted by molar-refractivity contribution is -0.126. The minimum absolute atomic E-state index is 0.0949. The molecule has 1 rings (SSSR count). The summed E-state index contributed by atoms with van der Waals surface area (Å²) in [4.78, 5) is 13.0. The lowest BCUT2D eigenvalue weighted by Crippen LogP contribution is -2.26. The molecule has 52 valence electrons. The highest BCUT2D eigenvalue weighted by Crippen LogP contribution is 2.17. The summed E-state index contributed by atoms with van der Waals surface area (Å²) in [5, 5.41) is 0. The molecular weight excluding hydrogens is 182 g/mol. The average molecular weight is 192 g/mol. The number of halogens is 1. The van der Waals surface area contributed by atoms with Crippen LogP contribution in [0.1, 0.15) is 13.3 Å². The molecule has 0 N–H and O–H groups in total. The Morgan fingerprint density at radius 3 is 2.78 bits per heavy atom. The van der Waals surface area contributed by atoms with E-state index in [9.17, 15) is 4.79 Å². The Morgan fingerprint density at radius 1 is 1.89 bits per heavy atom. The molecule has 1 fully saturated rings. The van der Waals surface area contributed by atoms with E-state index < -0.39 is 0 Å². The van der Waals surface area contributed by atoms with Gasteiger partial charge in [-0.05, 0) is 13.3 Å².